The molecule has 4 heterocycles. The summed E-state index contributed by atoms with van der Waals surface area (Å²) in [5.41, 5.74) is 1.42. The van der Waals surface area contributed by atoms with Gasteiger partial charge >= 0.3 is 0 Å². The molecule has 0 saturated carbocycles. The lowest BCUT2D eigenvalue weighted by Crippen LogP contribution is -2.45. The van der Waals surface area contributed by atoms with Crippen molar-refractivity contribution >= 4 is 17.5 Å². The van der Waals surface area contributed by atoms with Gasteiger partial charge in [0.25, 0.3) is 0 Å². The highest BCUT2D eigenvalue weighted by atomic mass is 19.1. The van der Waals surface area contributed by atoms with E-state index < -0.39 is 24.0 Å². The molecule has 1 aromatic rings. The molecule has 7 heteroatoms. The highest BCUT2D eigenvalue weighted by Gasteiger charge is 2.71. The standard InChI is InChI=1S/C17H15FN2O4/c1-2-20-16(21)9-10(17(20)22)14-15-11(13(9)23-14)12(19-24-15)7-3-5-8(18)6-4-7/h3-6,9-11,13-15H,2H2,1H3/t9-,10+,11+,13-,14-,15+/m1/s1. The number of carbonyl (C=O) groups is 2. The van der Waals surface area contributed by atoms with Crippen LogP contribution in [0.15, 0.2) is 29.4 Å². The summed E-state index contributed by atoms with van der Waals surface area (Å²) in [5.74, 6) is -1.78. The van der Waals surface area contributed by atoms with Crippen LogP contribution in [0.1, 0.15) is 12.5 Å². The maximum Gasteiger partial charge on any atom is 0.235 e. The van der Waals surface area contributed by atoms with Crippen LogP contribution in [0.2, 0.25) is 0 Å². The zero-order valence-electron chi connectivity index (χ0n) is 12.9. The molecular weight excluding hydrogens is 315 g/mol. The summed E-state index contributed by atoms with van der Waals surface area (Å²) in [5, 5.41) is 4.16. The quantitative estimate of drug-likeness (QED) is 0.757. The van der Waals surface area contributed by atoms with Crippen molar-refractivity contribution in [2.45, 2.75) is 25.2 Å². The van der Waals surface area contributed by atoms with Gasteiger partial charge in [0.05, 0.1) is 29.6 Å². The minimum absolute atomic E-state index is 0.163. The minimum atomic E-state index is -0.466. The van der Waals surface area contributed by atoms with Crippen LogP contribution in [0.4, 0.5) is 4.39 Å². The molecule has 6 nitrogen and oxygen atoms in total. The van der Waals surface area contributed by atoms with Crippen molar-refractivity contribution in [3.05, 3.63) is 35.6 Å². The lowest BCUT2D eigenvalue weighted by molar-refractivity contribution is -0.142. The highest BCUT2D eigenvalue weighted by molar-refractivity contribution is 6.09. The lowest BCUT2D eigenvalue weighted by atomic mass is 9.71. The number of imide groups is 1. The van der Waals surface area contributed by atoms with E-state index in [1.165, 1.54) is 17.0 Å². The summed E-state index contributed by atoms with van der Waals surface area (Å²) in [6, 6.07) is 6.02. The van der Waals surface area contributed by atoms with E-state index in [9.17, 15) is 14.0 Å². The second-order valence-corrected chi connectivity index (χ2v) is 6.62. The molecule has 6 atom stereocenters. The van der Waals surface area contributed by atoms with Gasteiger partial charge in [-0.2, -0.15) is 0 Å². The van der Waals surface area contributed by atoms with Gasteiger partial charge in [0, 0.05) is 12.1 Å². The maximum atomic E-state index is 13.2. The smallest absolute Gasteiger partial charge is 0.235 e. The van der Waals surface area contributed by atoms with Crippen molar-refractivity contribution in [1.29, 1.82) is 0 Å². The van der Waals surface area contributed by atoms with Gasteiger partial charge in [0.15, 0.2) is 6.10 Å². The Kier molecular flexibility index (Phi) is 2.72. The van der Waals surface area contributed by atoms with Crippen LogP contribution < -0.4 is 0 Å². The van der Waals surface area contributed by atoms with Crippen molar-refractivity contribution in [2.24, 2.45) is 22.9 Å². The molecule has 0 radical (unpaired) electrons. The first-order chi connectivity index (χ1) is 11.6. The maximum absolute atomic E-state index is 13.2. The van der Waals surface area contributed by atoms with Gasteiger partial charge < -0.3 is 9.57 Å². The van der Waals surface area contributed by atoms with Crippen molar-refractivity contribution in [3.63, 3.8) is 0 Å². The van der Waals surface area contributed by atoms with Crippen molar-refractivity contribution in [3.8, 4) is 0 Å². The van der Waals surface area contributed by atoms with Crippen LogP contribution in [0.5, 0.6) is 0 Å². The normalized spacial score (nSPS) is 39.1. The summed E-state index contributed by atoms with van der Waals surface area (Å²) >= 11 is 0. The van der Waals surface area contributed by atoms with E-state index in [-0.39, 0.29) is 29.7 Å². The Labute approximate surface area is 137 Å². The third-order valence-electron chi connectivity index (χ3n) is 5.59. The summed E-state index contributed by atoms with van der Waals surface area (Å²) in [7, 11) is 0. The van der Waals surface area contributed by atoms with Gasteiger partial charge in [0.1, 0.15) is 11.9 Å². The first-order valence-electron chi connectivity index (χ1n) is 8.12. The molecule has 1 aromatic carbocycles. The molecule has 0 aliphatic carbocycles. The van der Waals surface area contributed by atoms with E-state index in [2.05, 4.69) is 5.16 Å². The monoisotopic (exact) mass is 330 g/mol. The first-order valence-corrected chi connectivity index (χ1v) is 8.12. The Balaban J connectivity index is 1.51. The molecule has 2 bridgehead atoms. The van der Waals surface area contributed by atoms with Crippen LogP contribution in [-0.4, -0.2) is 47.3 Å². The molecular formula is C17H15FN2O4. The van der Waals surface area contributed by atoms with Gasteiger partial charge in [-0.1, -0.05) is 17.3 Å². The van der Waals surface area contributed by atoms with E-state index >= 15 is 0 Å². The van der Waals surface area contributed by atoms with Crippen molar-refractivity contribution in [2.75, 3.05) is 6.54 Å². The Bertz CT molecular complexity index is 777. The fourth-order valence-electron chi connectivity index (χ4n) is 4.59. The summed E-state index contributed by atoms with van der Waals surface area (Å²) in [6.07, 6.45) is -1.21. The molecule has 0 aromatic heterocycles. The zero-order chi connectivity index (χ0) is 16.6. The number of amides is 2. The van der Waals surface area contributed by atoms with Crippen LogP contribution in [0.25, 0.3) is 0 Å². The van der Waals surface area contributed by atoms with E-state index in [4.69, 9.17) is 9.57 Å². The SMILES string of the molecule is CCN1C(=O)[C@@H]2[C@H]3O[C@@H]([C@@H]4C(c5ccc(F)cc5)=NO[C@H]34)[C@@H]2C1=O. The predicted molar refractivity (Wildman–Crippen MR) is 79.3 cm³/mol. The number of oxime groups is 1. The Morgan fingerprint density at radius 1 is 1.04 bits per heavy atom. The molecule has 0 unspecified atom stereocenters. The Morgan fingerprint density at radius 3 is 2.38 bits per heavy atom. The fourth-order valence-corrected chi connectivity index (χ4v) is 4.59. The van der Waals surface area contributed by atoms with Gasteiger partial charge in [0.2, 0.25) is 11.8 Å². The molecule has 24 heavy (non-hydrogen) atoms. The van der Waals surface area contributed by atoms with E-state index in [0.717, 1.165) is 5.56 Å². The van der Waals surface area contributed by atoms with E-state index in [0.29, 0.717) is 12.3 Å². The van der Waals surface area contributed by atoms with E-state index in [1.807, 2.05) is 0 Å². The third kappa shape index (κ3) is 1.55. The number of benzene rings is 1. The van der Waals surface area contributed by atoms with Crippen LogP contribution in [0, 0.1) is 23.6 Å². The second kappa shape index (κ2) is 4.63. The fraction of sp³-hybridized carbons (Fsp3) is 0.471. The van der Waals surface area contributed by atoms with Gasteiger partial charge in [-0.05, 0) is 19.1 Å². The number of ether oxygens (including phenoxy) is 1. The molecule has 124 valence electrons. The zero-order valence-corrected chi connectivity index (χ0v) is 12.9. The Morgan fingerprint density at radius 2 is 1.71 bits per heavy atom. The molecule has 3 saturated heterocycles. The van der Waals surface area contributed by atoms with Crippen LogP contribution in [0.3, 0.4) is 0 Å². The molecule has 0 N–H and O–H groups in total. The van der Waals surface area contributed by atoms with E-state index in [1.54, 1.807) is 19.1 Å². The number of likely N-dealkylation sites (tertiary alicyclic amines) is 1. The van der Waals surface area contributed by atoms with Crippen molar-refractivity contribution < 1.29 is 23.6 Å². The molecule has 0 spiro atoms. The van der Waals surface area contributed by atoms with Gasteiger partial charge in [-0.25, -0.2) is 4.39 Å². The van der Waals surface area contributed by atoms with Crippen LogP contribution in [-0.2, 0) is 19.2 Å². The molecule has 4 aliphatic heterocycles. The number of halogens is 1. The molecule has 2 amide bonds. The second-order valence-electron chi connectivity index (χ2n) is 6.62. The minimum Gasteiger partial charge on any atom is -0.389 e. The van der Waals surface area contributed by atoms with Gasteiger partial charge in [-0.15, -0.1) is 0 Å². The third-order valence-corrected chi connectivity index (χ3v) is 5.59. The van der Waals surface area contributed by atoms with Crippen LogP contribution >= 0.6 is 0 Å². The first kappa shape index (κ1) is 14.1. The summed E-state index contributed by atoms with van der Waals surface area (Å²) < 4.78 is 19.1. The number of hydrogen-bond acceptors (Lipinski definition) is 5. The molecule has 4 aliphatic rings. The average Bonchev–Trinajstić information content (AvgIpc) is 3.29. The number of rotatable bonds is 2. The predicted octanol–water partition coefficient (Wildman–Crippen LogP) is 0.947. The van der Waals surface area contributed by atoms with Gasteiger partial charge in [-0.3, -0.25) is 14.5 Å². The number of fused-ring (bicyclic) bond motifs is 8. The summed E-state index contributed by atoms with van der Waals surface area (Å²) in [6.45, 7) is 2.17. The number of carbonyl (C=O) groups excluding carboxylic acids is 2. The molecule has 3 fully saturated rings. The lowest BCUT2D eigenvalue weighted by Gasteiger charge is -2.26. The largest absolute Gasteiger partial charge is 0.389 e. The number of hydrogen-bond donors (Lipinski definition) is 0. The van der Waals surface area contributed by atoms with Crippen molar-refractivity contribution in [1.82, 2.24) is 4.90 Å². The number of nitrogens with zero attached hydrogens (tertiary/aromatic N) is 2. The summed E-state index contributed by atoms with van der Waals surface area (Å²) in [4.78, 5) is 31.9. The Hall–Kier alpha value is -2.28. The highest BCUT2D eigenvalue weighted by Crippen LogP contribution is 2.54. The topological polar surface area (TPSA) is 68.2 Å². The average molecular weight is 330 g/mol. The molecule has 5 rings (SSSR count).